The molecule has 1 aromatic carbocycles. The Bertz CT molecular complexity index is 985. The number of aliphatic hydroxyl groups excluding tert-OH is 1. The van der Waals surface area contributed by atoms with Crippen molar-refractivity contribution in [3.63, 3.8) is 0 Å². The van der Waals surface area contributed by atoms with Crippen molar-refractivity contribution in [1.29, 1.82) is 0 Å². The average molecular weight is 488 g/mol. The fourth-order valence-electron chi connectivity index (χ4n) is 3.98. The van der Waals surface area contributed by atoms with Crippen LogP contribution in [-0.2, 0) is 17.9 Å². The van der Waals surface area contributed by atoms with Crippen molar-refractivity contribution in [2.45, 2.75) is 53.4 Å². The SMILES string of the molecule is CCN(CC)c1onc(-c2ccc(F)cc2)c1CN(CCC(C)C)C[C@H](O)COCc1ccco1. The van der Waals surface area contributed by atoms with Gasteiger partial charge in [0.1, 0.15) is 23.9 Å². The number of hydrogen-bond acceptors (Lipinski definition) is 7. The van der Waals surface area contributed by atoms with Crippen LogP contribution in [0.1, 0.15) is 45.4 Å². The fraction of sp³-hybridized carbons (Fsp3) is 0.519. The van der Waals surface area contributed by atoms with Gasteiger partial charge in [-0.05, 0) is 69.1 Å². The number of anilines is 1. The minimum Gasteiger partial charge on any atom is -0.467 e. The summed E-state index contributed by atoms with van der Waals surface area (Å²) in [6.45, 7) is 12.4. The number of hydrogen-bond donors (Lipinski definition) is 1. The summed E-state index contributed by atoms with van der Waals surface area (Å²) in [5, 5.41) is 15.1. The van der Waals surface area contributed by atoms with Crippen LogP contribution in [0.2, 0.25) is 0 Å². The van der Waals surface area contributed by atoms with Gasteiger partial charge in [-0.1, -0.05) is 19.0 Å². The van der Waals surface area contributed by atoms with Gasteiger partial charge in [-0.3, -0.25) is 4.90 Å². The topological polar surface area (TPSA) is 75.1 Å². The molecule has 0 fully saturated rings. The molecule has 8 heteroatoms. The van der Waals surface area contributed by atoms with Gasteiger partial charge in [0.2, 0.25) is 5.88 Å². The van der Waals surface area contributed by atoms with Crippen molar-refractivity contribution in [1.82, 2.24) is 10.1 Å². The summed E-state index contributed by atoms with van der Waals surface area (Å²) < 4.78 is 30.3. The van der Waals surface area contributed by atoms with Crippen LogP contribution >= 0.6 is 0 Å². The summed E-state index contributed by atoms with van der Waals surface area (Å²) in [6.07, 6.45) is 1.93. The predicted octanol–water partition coefficient (Wildman–Crippen LogP) is 5.35. The molecular formula is C27H38FN3O4. The highest BCUT2D eigenvalue weighted by molar-refractivity contribution is 5.68. The molecule has 3 rings (SSSR count). The number of rotatable bonds is 15. The third kappa shape index (κ3) is 7.92. The zero-order valence-corrected chi connectivity index (χ0v) is 21.2. The average Bonchev–Trinajstić information content (AvgIpc) is 3.50. The first-order valence-corrected chi connectivity index (χ1v) is 12.4. The van der Waals surface area contributed by atoms with E-state index < -0.39 is 6.10 Å². The number of ether oxygens (including phenoxy) is 1. The Morgan fingerprint density at radius 2 is 1.86 bits per heavy atom. The molecule has 0 bridgehead atoms. The van der Waals surface area contributed by atoms with Crippen molar-refractivity contribution < 1.29 is 23.2 Å². The van der Waals surface area contributed by atoms with E-state index in [1.54, 1.807) is 18.4 Å². The van der Waals surface area contributed by atoms with Crippen LogP contribution < -0.4 is 4.90 Å². The van der Waals surface area contributed by atoms with E-state index in [1.807, 2.05) is 12.1 Å². The van der Waals surface area contributed by atoms with Gasteiger partial charge in [0, 0.05) is 31.7 Å². The number of benzene rings is 1. The van der Waals surface area contributed by atoms with Crippen molar-refractivity contribution >= 4 is 5.88 Å². The van der Waals surface area contributed by atoms with Crippen LogP contribution in [0.15, 0.2) is 51.6 Å². The first-order chi connectivity index (χ1) is 16.9. The minimum absolute atomic E-state index is 0.205. The van der Waals surface area contributed by atoms with Crippen LogP contribution in [-0.4, -0.2) is 54.1 Å². The van der Waals surface area contributed by atoms with E-state index in [2.05, 4.69) is 42.7 Å². The first-order valence-electron chi connectivity index (χ1n) is 12.4. The third-order valence-electron chi connectivity index (χ3n) is 5.94. The normalized spacial score (nSPS) is 12.6. The molecule has 0 amide bonds. The monoisotopic (exact) mass is 487 g/mol. The largest absolute Gasteiger partial charge is 0.467 e. The maximum atomic E-state index is 13.6. The zero-order chi connectivity index (χ0) is 25.2. The second kappa shape index (κ2) is 13.4. The summed E-state index contributed by atoms with van der Waals surface area (Å²) in [6, 6.07) is 9.97. The maximum Gasteiger partial charge on any atom is 0.232 e. The molecule has 3 aromatic rings. The van der Waals surface area contributed by atoms with Gasteiger partial charge in [0.25, 0.3) is 0 Å². The Kier molecular flexibility index (Phi) is 10.3. The predicted molar refractivity (Wildman–Crippen MR) is 135 cm³/mol. The summed E-state index contributed by atoms with van der Waals surface area (Å²) >= 11 is 0. The molecule has 35 heavy (non-hydrogen) atoms. The number of aromatic nitrogens is 1. The van der Waals surface area contributed by atoms with Gasteiger partial charge < -0.3 is 23.7 Å². The van der Waals surface area contributed by atoms with E-state index in [4.69, 9.17) is 13.7 Å². The number of aliphatic hydroxyl groups is 1. The molecule has 0 radical (unpaired) electrons. The molecule has 0 aliphatic heterocycles. The maximum absolute atomic E-state index is 13.6. The lowest BCUT2D eigenvalue weighted by molar-refractivity contribution is 0.00327. The minimum atomic E-state index is -0.664. The smallest absolute Gasteiger partial charge is 0.232 e. The molecule has 192 valence electrons. The van der Waals surface area contributed by atoms with Crippen molar-refractivity contribution in [3.8, 4) is 11.3 Å². The van der Waals surface area contributed by atoms with Crippen molar-refractivity contribution in [3.05, 3.63) is 59.8 Å². The molecule has 2 heterocycles. The van der Waals surface area contributed by atoms with Crippen molar-refractivity contribution in [2.24, 2.45) is 5.92 Å². The molecular weight excluding hydrogens is 449 g/mol. The lowest BCUT2D eigenvalue weighted by atomic mass is 10.1. The van der Waals surface area contributed by atoms with E-state index in [9.17, 15) is 9.50 Å². The number of nitrogens with zero attached hydrogens (tertiary/aromatic N) is 3. The molecule has 2 aromatic heterocycles. The van der Waals surface area contributed by atoms with Crippen LogP contribution in [0.5, 0.6) is 0 Å². The molecule has 7 nitrogen and oxygen atoms in total. The Hall–Kier alpha value is -2.68. The summed E-state index contributed by atoms with van der Waals surface area (Å²) in [5.74, 6) is 1.67. The van der Waals surface area contributed by atoms with Gasteiger partial charge in [0.15, 0.2) is 0 Å². The number of halogens is 1. The van der Waals surface area contributed by atoms with Crippen LogP contribution in [0.3, 0.4) is 0 Å². The molecule has 0 saturated carbocycles. The van der Waals surface area contributed by atoms with Crippen LogP contribution in [0.4, 0.5) is 10.3 Å². The third-order valence-corrected chi connectivity index (χ3v) is 5.94. The fourth-order valence-corrected chi connectivity index (χ4v) is 3.98. The standard InChI is InChI=1S/C27H38FN3O4/c1-5-31(6-2)27-25(26(29-35-27)21-9-11-22(28)12-10-21)17-30(14-13-20(3)4)16-23(32)18-33-19-24-8-7-15-34-24/h7-12,15,20,23,32H,5-6,13-14,16-19H2,1-4H3/t23-/m0/s1. The molecule has 0 spiro atoms. The molecule has 0 unspecified atom stereocenters. The van der Waals surface area contributed by atoms with Crippen LogP contribution in [0.25, 0.3) is 11.3 Å². The number of furan rings is 1. The van der Waals surface area contributed by atoms with Gasteiger partial charge >= 0.3 is 0 Å². The lowest BCUT2D eigenvalue weighted by Gasteiger charge is -2.27. The molecule has 1 atom stereocenters. The van der Waals surface area contributed by atoms with Gasteiger partial charge in [0.05, 0.1) is 24.5 Å². The van der Waals surface area contributed by atoms with Gasteiger partial charge in [-0.15, -0.1) is 0 Å². The van der Waals surface area contributed by atoms with E-state index in [0.29, 0.717) is 37.2 Å². The van der Waals surface area contributed by atoms with E-state index >= 15 is 0 Å². The Labute approximate surface area is 207 Å². The summed E-state index contributed by atoms with van der Waals surface area (Å²) in [7, 11) is 0. The quantitative estimate of drug-likeness (QED) is 0.310. The van der Waals surface area contributed by atoms with E-state index in [0.717, 1.165) is 42.9 Å². The molecule has 1 N–H and O–H groups in total. The van der Waals surface area contributed by atoms with Gasteiger partial charge in [-0.2, -0.15) is 0 Å². The van der Waals surface area contributed by atoms with E-state index in [-0.39, 0.29) is 12.4 Å². The van der Waals surface area contributed by atoms with Gasteiger partial charge in [-0.25, -0.2) is 4.39 Å². The Morgan fingerprint density at radius 1 is 1.11 bits per heavy atom. The molecule has 0 aliphatic rings. The summed E-state index contributed by atoms with van der Waals surface area (Å²) in [4.78, 5) is 4.34. The van der Waals surface area contributed by atoms with Crippen LogP contribution in [0, 0.1) is 11.7 Å². The zero-order valence-electron chi connectivity index (χ0n) is 21.2. The molecule has 0 saturated heterocycles. The highest BCUT2D eigenvalue weighted by Gasteiger charge is 2.24. The lowest BCUT2D eigenvalue weighted by Crippen LogP contribution is -2.36. The Balaban J connectivity index is 1.79. The highest BCUT2D eigenvalue weighted by atomic mass is 19.1. The van der Waals surface area contributed by atoms with E-state index in [1.165, 1.54) is 12.1 Å². The highest BCUT2D eigenvalue weighted by Crippen LogP contribution is 2.33. The Morgan fingerprint density at radius 3 is 2.49 bits per heavy atom. The molecule has 0 aliphatic carbocycles. The second-order valence-corrected chi connectivity index (χ2v) is 9.16. The first kappa shape index (κ1) is 26.9. The second-order valence-electron chi connectivity index (χ2n) is 9.16. The van der Waals surface area contributed by atoms with Crippen molar-refractivity contribution in [2.75, 3.05) is 37.7 Å². The summed E-state index contributed by atoms with van der Waals surface area (Å²) in [5.41, 5.74) is 2.44.